The number of carbonyl (C=O) groups excluding carboxylic acids is 4. The van der Waals surface area contributed by atoms with Crippen molar-refractivity contribution in [1.29, 1.82) is 0 Å². The van der Waals surface area contributed by atoms with Crippen molar-refractivity contribution in [2.24, 2.45) is 0 Å². The number of Topliss-reactive ketones (excluding diaryl/α,β-unsaturated/α-hetero) is 1. The number of benzene rings is 2. The zero-order valence-electron chi connectivity index (χ0n) is 11.8. The zero-order valence-corrected chi connectivity index (χ0v) is 12.9. The molecule has 3 rings (SSSR count). The Labute approximate surface area is 133 Å². The van der Waals surface area contributed by atoms with Gasteiger partial charge in [-0.1, -0.05) is 18.2 Å². The van der Waals surface area contributed by atoms with Gasteiger partial charge in [0.2, 0.25) is 0 Å². The Kier molecular flexibility index (Phi) is 3.76. The topological polar surface area (TPSA) is 92.3 Å². The highest BCUT2D eigenvalue weighted by Gasteiger charge is 2.30. The average molecular weight is 326 g/mol. The SMILES string of the molecule is O=C1NC(=O)c2ccc(NC(=O)c3ccccc3P)cc2C1=O. The number of rotatable bonds is 2. The minimum atomic E-state index is -0.971. The van der Waals surface area contributed by atoms with E-state index in [0.717, 1.165) is 5.30 Å². The third-order valence-electron chi connectivity index (χ3n) is 3.41. The van der Waals surface area contributed by atoms with Gasteiger partial charge in [0.25, 0.3) is 23.5 Å². The molecule has 0 radical (unpaired) electrons. The second-order valence-electron chi connectivity index (χ2n) is 4.91. The molecule has 114 valence electrons. The molecule has 0 fully saturated rings. The number of imide groups is 1. The molecule has 1 aliphatic heterocycles. The number of ketones is 1. The molecule has 1 aliphatic rings. The largest absolute Gasteiger partial charge is 0.322 e. The molecule has 0 saturated heterocycles. The summed E-state index contributed by atoms with van der Waals surface area (Å²) in [6, 6.07) is 11.2. The third-order valence-corrected chi connectivity index (χ3v) is 3.91. The molecule has 7 heteroatoms. The lowest BCUT2D eigenvalue weighted by molar-refractivity contribution is -0.116. The molecular weight excluding hydrogens is 315 g/mol. The number of anilines is 1. The molecule has 2 aromatic carbocycles. The Bertz CT molecular complexity index is 876. The van der Waals surface area contributed by atoms with Crippen LogP contribution in [0.5, 0.6) is 0 Å². The molecule has 23 heavy (non-hydrogen) atoms. The third kappa shape index (κ3) is 2.76. The Balaban J connectivity index is 1.92. The predicted octanol–water partition coefficient (Wildman–Crippen LogP) is 0.892. The van der Waals surface area contributed by atoms with Gasteiger partial charge in [0.15, 0.2) is 0 Å². The van der Waals surface area contributed by atoms with Crippen molar-refractivity contribution in [3.05, 3.63) is 59.2 Å². The van der Waals surface area contributed by atoms with E-state index < -0.39 is 17.6 Å². The summed E-state index contributed by atoms with van der Waals surface area (Å²) in [5.41, 5.74) is 0.892. The Morgan fingerprint density at radius 3 is 2.43 bits per heavy atom. The van der Waals surface area contributed by atoms with Crippen molar-refractivity contribution in [2.45, 2.75) is 0 Å². The second-order valence-corrected chi connectivity index (χ2v) is 5.54. The van der Waals surface area contributed by atoms with Gasteiger partial charge < -0.3 is 5.32 Å². The van der Waals surface area contributed by atoms with Crippen LogP contribution in [0.3, 0.4) is 0 Å². The fourth-order valence-corrected chi connectivity index (χ4v) is 2.60. The summed E-state index contributed by atoms with van der Waals surface area (Å²) in [6.07, 6.45) is 0. The van der Waals surface area contributed by atoms with Gasteiger partial charge in [-0.15, -0.1) is 9.24 Å². The summed E-state index contributed by atoms with van der Waals surface area (Å²) in [4.78, 5) is 47.2. The van der Waals surface area contributed by atoms with E-state index in [1.54, 1.807) is 24.3 Å². The molecule has 0 aromatic heterocycles. The average Bonchev–Trinajstić information content (AvgIpc) is 2.53. The predicted molar refractivity (Wildman–Crippen MR) is 87.0 cm³/mol. The normalized spacial score (nSPS) is 13.3. The van der Waals surface area contributed by atoms with Gasteiger partial charge in [0.1, 0.15) is 0 Å². The molecular formula is C16H11N2O4P. The Morgan fingerprint density at radius 1 is 0.957 bits per heavy atom. The van der Waals surface area contributed by atoms with Crippen LogP contribution in [0.15, 0.2) is 42.5 Å². The molecule has 2 aromatic rings. The number of fused-ring (bicyclic) bond motifs is 1. The maximum absolute atomic E-state index is 12.3. The fraction of sp³-hybridized carbons (Fsp3) is 0. The molecule has 6 nitrogen and oxygen atoms in total. The van der Waals surface area contributed by atoms with E-state index in [9.17, 15) is 19.2 Å². The number of hydrogen-bond donors (Lipinski definition) is 2. The van der Waals surface area contributed by atoms with E-state index in [1.165, 1.54) is 18.2 Å². The molecule has 1 heterocycles. The van der Waals surface area contributed by atoms with Gasteiger partial charge in [-0.25, -0.2) is 0 Å². The quantitative estimate of drug-likeness (QED) is 0.487. The van der Waals surface area contributed by atoms with E-state index in [-0.39, 0.29) is 17.0 Å². The first-order valence-corrected chi connectivity index (χ1v) is 7.25. The van der Waals surface area contributed by atoms with Crippen LogP contribution < -0.4 is 15.9 Å². The van der Waals surface area contributed by atoms with Gasteiger partial charge in [0, 0.05) is 16.8 Å². The smallest absolute Gasteiger partial charge is 0.299 e. The number of nitrogens with one attached hydrogen (secondary N) is 2. The van der Waals surface area contributed by atoms with Gasteiger partial charge in [-0.05, 0) is 29.6 Å². The Hall–Kier alpha value is -2.85. The maximum Gasteiger partial charge on any atom is 0.299 e. The highest BCUT2D eigenvalue weighted by atomic mass is 31.0. The standard InChI is InChI=1S/C16H11N2O4P/c19-13-11-7-8(5-6-9(11)14(20)18-16(13)22)17-15(21)10-3-1-2-4-12(10)23/h1-7H,23H2,(H,17,21)(H,18,20,22). The van der Waals surface area contributed by atoms with Crippen LogP contribution in [0, 0.1) is 0 Å². The van der Waals surface area contributed by atoms with Crippen LogP contribution in [0.4, 0.5) is 5.69 Å². The van der Waals surface area contributed by atoms with Crippen molar-refractivity contribution in [2.75, 3.05) is 5.32 Å². The Morgan fingerprint density at radius 2 is 1.70 bits per heavy atom. The minimum Gasteiger partial charge on any atom is -0.322 e. The highest BCUT2D eigenvalue weighted by molar-refractivity contribution is 7.27. The summed E-state index contributed by atoms with van der Waals surface area (Å²) in [5, 5.41) is 5.34. The summed E-state index contributed by atoms with van der Waals surface area (Å²) >= 11 is 0. The van der Waals surface area contributed by atoms with Crippen molar-refractivity contribution in [3.8, 4) is 0 Å². The van der Waals surface area contributed by atoms with Crippen molar-refractivity contribution >= 4 is 43.7 Å². The lowest BCUT2D eigenvalue weighted by atomic mass is 9.98. The molecule has 0 saturated carbocycles. The fourth-order valence-electron chi connectivity index (χ4n) is 2.26. The summed E-state index contributed by atoms with van der Waals surface area (Å²) in [5.74, 6) is -2.75. The molecule has 1 unspecified atom stereocenters. The van der Waals surface area contributed by atoms with Crippen molar-refractivity contribution in [1.82, 2.24) is 5.32 Å². The van der Waals surface area contributed by atoms with Gasteiger partial charge in [-0.2, -0.15) is 0 Å². The maximum atomic E-state index is 12.3. The number of amides is 3. The van der Waals surface area contributed by atoms with Crippen molar-refractivity contribution < 1.29 is 19.2 Å². The molecule has 0 aliphatic carbocycles. The van der Waals surface area contributed by atoms with Gasteiger partial charge >= 0.3 is 0 Å². The molecule has 2 N–H and O–H groups in total. The monoisotopic (exact) mass is 326 g/mol. The van der Waals surface area contributed by atoms with E-state index in [1.807, 2.05) is 5.32 Å². The van der Waals surface area contributed by atoms with Crippen LogP contribution in [-0.4, -0.2) is 23.5 Å². The zero-order chi connectivity index (χ0) is 16.6. The van der Waals surface area contributed by atoms with Crippen LogP contribution >= 0.6 is 9.24 Å². The van der Waals surface area contributed by atoms with Gasteiger partial charge in [-0.3, -0.25) is 24.5 Å². The van der Waals surface area contributed by atoms with Crippen LogP contribution in [0.25, 0.3) is 0 Å². The van der Waals surface area contributed by atoms with E-state index in [0.29, 0.717) is 11.3 Å². The molecule has 0 spiro atoms. The van der Waals surface area contributed by atoms with E-state index >= 15 is 0 Å². The lowest BCUT2D eigenvalue weighted by Crippen LogP contribution is -2.42. The molecule has 1 atom stereocenters. The lowest BCUT2D eigenvalue weighted by Gasteiger charge is -2.15. The first-order chi connectivity index (χ1) is 11.0. The second kappa shape index (κ2) is 5.74. The summed E-state index contributed by atoms with van der Waals surface area (Å²) in [7, 11) is 2.47. The van der Waals surface area contributed by atoms with Gasteiger partial charge in [0.05, 0.1) is 5.56 Å². The number of hydrogen-bond acceptors (Lipinski definition) is 4. The minimum absolute atomic E-state index is 0.0179. The molecule has 0 bridgehead atoms. The van der Waals surface area contributed by atoms with E-state index in [2.05, 4.69) is 14.6 Å². The van der Waals surface area contributed by atoms with Crippen LogP contribution in [0.1, 0.15) is 31.1 Å². The van der Waals surface area contributed by atoms with Crippen LogP contribution in [-0.2, 0) is 4.79 Å². The first-order valence-electron chi connectivity index (χ1n) is 6.67. The van der Waals surface area contributed by atoms with E-state index in [4.69, 9.17) is 0 Å². The number of carbonyl (C=O) groups is 4. The molecule has 3 amide bonds. The van der Waals surface area contributed by atoms with Crippen molar-refractivity contribution in [3.63, 3.8) is 0 Å². The first kappa shape index (κ1) is 15.1. The highest BCUT2D eigenvalue weighted by Crippen LogP contribution is 2.20. The summed E-state index contributed by atoms with van der Waals surface area (Å²) in [6.45, 7) is 0. The van der Waals surface area contributed by atoms with Crippen LogP contribution in [0.2, 0.25) is 0 Å². The summed E-state index contributed by atoms with van der Waals surface area (Å²) < 4.78 is 0.